The van der Waals surface area contributed by atoms with E-state index >= 15 is 0 Å². The number of carbonyl (C=O) groups is 2. The van der Waals surface area contributed by atoms with E-state index in [4.69, 9.17) is 5.11 Å². The summed E-state index contributed by atoms with van der Waals surface area (Å²) >= 11 is 1.18. The third-order valence-corrected chi connectivity index (χ3v) is 4.39. The zero-order valence-corrected chi connectivity index (χ0v) is 12.8. The van der Waals surface area contributed by atoms with Crippen molar-refractivity contribution >= 4 is 28.9 Å². The van der Waals surface area contributed by atoms with E-state index in [1.807, 2.05) is 32.0 Å². The lowest BCUT2D eigenvalue weighted by Gasteiger charge is -2.13. The molecule has 110 valence electrons. The normalized spacial score (nSPS) is 12.0. The standard InChI is InChI=1S/C15H16N2O3S/c1-8-5-4-6-11(9(8)2)16-13(18)10(3)14-17-12(7-21-14)15(19)20/h4-7,10H,1-3H3,(H,16,18)(H,19,20)/t10-/m0/s1. The van der Waals surface area contributed by atoms with Crippen molar-refractivity contribution in [3.8, 4) is 0 Å². The second-order valence-corrected chi connectivity index (χ2v) is 5.72. The van der Waals surface area contributed by atoms with Gasteiger partial charge in [-0.1, -0.05) is 12.1 Å². The van der Waals surface area contributed by atoms with Gasteiger partial charge in [0.1, 0.15) is 5.01 Å². The van der Waals surface area contributed by atoms with Crippen molar-refractivity contribution in [2.24, 2.45) is 0 Å². The number of thiazole rings is 1. The average Bonchev–Trinajstić information content (AvgIpc) is 2.93. The summed E-state index contributed by atoms with van der Waals surface area (Å²) in [5, 5.41) is 13.7. The molecule has 0 radical (unpaired) electrons. The van der Waals surface area contributed by atoms with Crippen LogP contribution in [0.2, 0.25) is 0 Å². The zero-order chi connectivity index (χ0) is 15.6. The summed E-state index contributed by atoms with van der Waals surface area (Å²) in [5.74, 6) is -1.78. The molecule has 0 bridgehead atoms. The van der Waals surface area contributed by atoms with Crippen molar-refractivity contribution < 1.29 is 14.7 Å². The van der Waals surface area contributed by atoms with Crippen LogP contribution in [-0.4, -0.2) is 22.0 Å². The van der Waals surface area contributed by atoms with Gasteiger partial charge in [-0.25, -0.2) is 9.78 Å². The molecule has 0 aliphatic heterocycles. The van der Waals surface area contributed by atoms with Gasteiger partial charge < -0.3 is 10.4 Å². The first-order valence-electron chi connectivity index (χ1n) is 6.46. The molecule has 1 aromatic carbocycles. The fourth-order valence-corrected chi connectivity index (χ4v) is 2.67. The number of hydrogen-bond donors (Lipinski definition) is 2. The molecule has 2 rings (SSSR count). The van der Waals surface area contributed by atoms with Crippen molar-refractivity contribution in [3.63, 3.8) is 0 Å². The highest BCUT2D eigenvalue weighted by atomic mass is 32.1. The number of benzene rings is 1. The second-order valence-electron chi connectivity index (χ2n) is 4.83. The van der Waals surface area contributed by atoms with Crippen LogP contribution in [0.15, 0.2) is 23.6 Å². The molecule has 1 heterocycles. The summed E-state index contributed by atoms with van der Waals surface area (Å²) < 4.78 is 0. The van der Waals surface area contributed by atoms with E-state index in [-0.39, 0.29) is 11.6 Å². The first-order valence-corrected chi connectivity index (χ1v) is 7.34. The number of carboxylic acid groups (broad SMARTS) is 1. The maximum Gasteiger partial charge on any atom is 0.355 e. The van der Waals surface area contributed by atoms with Crippen LogP contribution in [0.1, 0.15) is 39.5 Å². The van der Waals surface area contributed by atoms with Gasteiger partial charge in [-0.15, -0.1) is 11.3 Å². The fourth-order valence-electron chi connectivity index (χ4n) is 1.82. The highest BCUT2D eigenvalue weighted by Crippen LogP contribution is 2.24. The van der Waals surface area contributed by atoms with Gasteiger partial charge >= 0.3 is 5.97 Å². The lowest BCUT2D eigenvalue weighted by molar-refractivity contribution is -0.117. The summed E-state index contributed by atoms with van der Waals surface area (Å²) in [6.45, 7) is 5.64. The van der Waals surface area contributed by atoms with Gasteiger partial charge in [-0.05, 0) is 38.0 Å². The number of aromatic nitrogens is 1. The summed E-state index contributed by atoms with van der Waals surface area (Å²) in [6, 6.07) is 5.71. The number of amides is 1. The summed E-state index contributed by atoms with van der Waals surface area (Å²) in [4.78, 5) is 27.1. The Hall–Kier alpha value is -2.21. The quantitative estimate of drug-likeness (QED) is 0.909. The number of anilines is 1. The first kappa shape index (κ1) is 15.2. The molecule has 5 nitrogen and oxygen atoms in total. The van der Waals surface area contributed by atoms with E-state index in [1.165, 1.54) is 16.7 Å². The minimum atomic E-state index is -1.08. The predicted octanol–water partition coefficient (Wildman–Crippen LogP) is 3.20. The molecule has 1 aromatic heterocycles. The minimum Gasteiger partial charge on any atom is -0.476 e. The van der Waals surface area contributed by atoms with Gasteiger partial charge in [0.05, 0.1) is 5.92 Å². The van der Waals surface area contributed by atoms with Gasteiger partial charge in [0.15, 0.2) is 5.69 Å². The van der Waals surface area contributed by atoms with Gasteiger partial charge in [-0.2, -0.15) is 0 Å². The lowest BCUT2D eigenvalue weighted by atomic mass is 10.1. The van der Waals surface area contributed by atoms with E-state index < -0.39 is 11.9 Å². The molecule has 2 N–H and O–H groups in total. The third kappa shape index (κ3) is 3.28. The van der Waals surface area contributed by atoms with Crippen molar-refractivity contribution in [2.75, 3.05) is 5.32 Å². The Balaban J connectivity index is 2.15. The topological polar surface area (TPSA) is 79.3 Å². The second kappa shape index (κ2) is 6.05. The Morgan fingerprint density at radius 2 is 2.05 bits per heavy atom. The van der Waals surface area contributed by atoms with Gasteiger partial charge in [0.25, 0.3) is 0 Å². The van der Waals surface area contributed by atoms with E-state index in [0.717, 1.165) is 16.8 Å². The van der Waals surface area contributed by atoms with E-state index in [1.54, 1.807) is 6.92 Å². The summed E-state index contributed by atoms with van der Waals surface area (Å²) in [7, 11) is 0. The SMILES string of the molecule is Cc1cccc(NC(=O)[C@H](C)c2nc(C(=O)O)cs2)c1C. The molecular weight excluding hydrogens is 288 g/mol. The third-order valence-electron chi connectivity index (χ3n) is 3.37. The number of hydrogen-bond acceptors (Lipinski definition) is 4. The van der Waals surface area contributed by atoms with E-state index in [0.29, 0.717) is 5.01 Å². The monoisotopic (exact) mass is 304 g/mol. The number of carbonyl (C=O) groups excluding carboxylic acids is 1. The van der Waals surface area contributed by atoms with E-state index in [9.17, 15) is 9.59 Å². The van der Waals surface area contributed by atoms with Crippen LogP contribution in [0, 0.1) is 13.8 Å². The van der Waals surface area contributed by atoms with Crippen LogP contribution < -0.4 is 5.32 Å². The number of rotatable bonds is 4. The Morgan fingerprint density at radius 1 is 1.33 bits per heavy atom. The Kier molecular flexibility index (Phi) is 4.37. The molecule has 0 saturated carbocycles. The molecule has 6 heteroatoms. The number of aromatic carboxylic acids is 1. The molecule has 2 aromatic rings. The van der Waals surface area contributed by atoms with Crippen LogP contribution in [0.4, 0.5) is 5.69 Å². The molecule has 0 aliphatic carbocycles. The van der Waals surface area contributed by atoms with Crippen molar-refractivity contribution in [1.82, 2.24) is 4.98 Å². The maximum atomic E-state index is 12.3. The molecule has 0 saturated heterocycles. The molecule has 0 unspecified atom stereocenters. The summed E-state index contributed by atoms with van der Waals surface area (Å²) in [6.07, 6.45) is 0. The molecular formula is C15H16N2O3S. The van der Waals surface area contributed by atoms with Crippen molar-refractivity contribution in [3.05, 3.63) is 45.4 Å². The summed E-state index contributed by atoms with van der Waals surface area (Å²) in [5.41, 5.74) is 2.86. The first-order chi connectivity index (χ1) is 9.90. The predicted molar refractivity (Wildman–Crippen MR) is 82.0 cm³/mol. The Morgan fingerprint density at radius 3 is 2.67 bits per heavy atom. The Bertz CT molecular complexity index is 694. The molecule has 1 atom stereocenters. The van der Waals surface area contributed by atoms with Gasteiger partial charge in [0, 0.05) is 11.1 Å². The minimum absolute atomic E-state index is 0.0265. The Labute approximate surface area is 126 Å². The van der Waals surface area contributed by atoms with Crippen LogP contribution in [0.25, 0.3) is 0 Å². The zero-order valence-electron chi connectivity index (χ0n) is 12.0. The van der Waals surface area contributed by atoms with Crippen LogP contribution in [0.3, 0.4) is 0 Å². The molecule has 1 amide bonds. The van der Waals surface area contributed by atoms with Crippen LogP contribution >= 0.6 is 11.3 Å². The largest absolute Gasteiger partial charge is 0.476 e. The lowest BCUT2D eigenvalue weighted by Crippen LogP contribution is -2.19. The van der Waals surface area contributed by atoms with E-state index in [2.05, 4.69) is 10.3 Å². The van der Waals surface area contributed by atoms with Crippen LogP contribution in [0.5, 0.6) is 0 Å². The fraction of sp³-hybridized carbons (Fsp3) is 0.267. The van der Waals surface area contributed by atoms with Gasteiger partial charge in [-0.3, -0.25) is 4.79 Å². The number of carboxylic acids is 1. The number of nitrogens with zero attached hydrogens (tertiary/aromatic N) is 1. The van der Waals surface area contributed by atoms with Gasteiger partial charge in [0.2, 0.25) is 5.91 Å². The molecule has 0 spiro atoms. The number of aryl methyl sites for hydroxylation is 1. The molecule has 0 aliphatic rings. The smallest absolute Gasteiger partial charge is 0.355 e. The number of nitrogens with one attached hydrogen (secondary N) is 1. The van der Waals surface area contributed by atoms with Crippen LogP contribution in [-0.2, 0) is 4.79 Å². The molecule has 21 heavy (non-hydrogen) atoms. The average molecular weight is 304 g/mol. The molecule has 0 fully saturated rings. The highest BCUT2D eigenvalue weighted by molar-refractivity contribution is 7.10. The highest BCUT2D eigenvalue weighted by Gasteiger charge is 2.21. The maximum absolute atomic E-state index is 12.3. The van der Waals surface area contributed by atoms with Crippen molar-refractivity contribution in [2.45, 2.75) is 26.7 Å². The van der Waals surface area contributed by atoms with Crippen molar-refractivity contribution in [1.29, 1.82) is 0 Å².